The van der Waals surface area contributed by atoms with Crippen molar-refractivity contribution in [1.82, 2.24) is 4.98 Å². The Bertz CT molecular complexity index is 1840. The average Bonchev–Trinajstić information content (AvgIpc) is 3.29. The van der Waals surface area contributed by atoms with E-state index in [0.29, 0.717) is 5.92 Å². The molecule has 0 saturated heterocycles. The van der Waals surface area contributed by atoms with E-state index in [-0.39, 0.29) is 0 Å². The number of benzene rings is 3. The van der Waals surface area contributed by atoms with E-state index in [1.165, 1.54) is 65.7 Å². The highest BCUT2D eigenvalue weighted by Gasteiger charge is 2.27. The van der Waals surface area contributed by atoms with Gasteiger partial charge in [0.25, 0.3) is 0 Å². The van der Waals surface area contributed by atoms with Crippen molar-refractivity contribution < 1.29 is 0 Å². The molecule has 0 fully saturated rings. The van der Waals surface area contributed by atoms with Crippen LogP contribution in [0.2, 0.25) is 0 Å². The fourth-order valence-corrected chi connectivity index (χ4v) is 6.67. The second-order valence-electron chi connectivity index (χ2n) is 10.2. The summed E-state index contributed by atoms with van der Waals surface area (Å²) in [7, 11) is 0. The molecule has 1 atom stereocenters. The molecule has 0 saturated carbocycles. The van der Waals surface area contributed by atoms with Crippen LogP contribution in [-0.2, 0) is 0 Å². The van der Waals surface area contributed by atoms with E-state index in [9.17, 15) is 0 Å². The summed E-state index contributed by atoms with van der Waals surface area (Å²) in [6.45, 7) is 0. The third-order valence-electron chi connectivity index (χ3n) is 8.30. The van der Waals surface area contributed by atoms with Crippen molar-refractivity contribution in [1.29, 1.82) is 0 Å². The minimum Gasteiger partial charge on any atom is -0.256 e. The van der Waals surface area contributed by atoms with E-state index in [4.69, 9.17) is 4.98 Å². The third-order valence-corrected chi connectivity index (χ3v) is 8.30. The van der Waals surface area contributed by atoms with E-state index in [1.807, 2.05) is 6.20 Å². The van der Waals surface area contributed by atoms with Gasteiger partial charge in [-0.15, -0.1) is 0 Å². The molecular weight excluding hydrogens is 434 g/mol. The Kier molecular flexibility index (Phi) is 4.24. The second kappa shape index (κ2) is 7.63. The highest BCUT2D eigenvalue weighted by Crippen LogP contribution is 2.40. The van der Waals surface area contributed by atoms with E-state index >= 15 is 0 Å². The molecule has 0 N–H and O–H groups in total. The maximum atomic E-state index is 4.86. The summed E-state index contributed by atoms with van der Waals surface area (Å²) in [4.78, 5) is 4.86. The largest absolute Gasteiger partial charge is 0.256 e. The van der Waals surface area contributed by atoms with Crippen molar-refractivity contribution in [3.8, 4) is 22.4 Å². The fourth-order valence-electron chi connectivity index (χ4n) is 6.67. The Balaban J connectivity index is 1.33. The van der Waals surface area contributed by atoms with Gasteiger partial charge in [0.1, 0.15) is 0 Å². The number of nitrogens with zero attached hydrogens (tertiary/aromatic N) is 1. The molecule has 1 heterocycles. The Morgan fingerprint density at radius 1 is 0.778 bits per heavy atom. The number of rotatable bonds is 2. The first-order valence-electron chi connectivity index (χ1n) is 13.0. The smallest absolute Gasteiger partial charge is 0.0789 e. The average molecular weight is 460 g/mol. The van der Waals surface area contributed by atoms with Gasteiger partial charge in [0.2, 0.25) is 0 Å². The van der Waals surface area contributed by atoms with Gasteiger partial charge in [-0.25, -0.2) is 0 Å². The van der Waals surface area contributed by atoms with Crippen molar-refractivity contribution >= 4 is 28.0 Å². The molecule has 0 amide bonds. The molecule has 1 heteroatoms. The predicted octanol–water partition coefficient (Wildman–Crippen LogP) is 7.11. The van der Waals surface area contributed by atoms with Crippen LogP contribution in [0.4, 0.5) is 0 Å². The molecule has 4 aliphatic carbocycles. The van der Waals surface area contributed by atoms with Gasteiger partial charge in [-0.2, -0.15) is 0 Å². The number of hydrogen-bond donors (Lipinski definition) is 0. The Hall–Kier alpha value is -4.23. The van der Waals surface area contributed by atoms with Gasteiger partial charge in [0, 0.05) is 23.2 Å². The summed E-state index contributed by atoms with van der Waals surface area (Å²) >= 11 is 0. The topological polar surface area (TPSA) is 12.9 Å². The number of hydrogen-bond acceptors (Lipinski definition) is 1. The van der Waals surface area contributed by atoms with Crippen LogP contribution in [0.5, 0.6) is 0 Å². The summed E-state index contributed by atoms with van der Waals surface area (Å²) in [5.74, 6) is 0.499. The molecule has 0 bridgehead atoms. The first kappa shape index (κ1) is 20.0. The molecule has 0 radical (unpaired) electrons. The Labute approximate surface area is 210 Å². The zero-order valence-corrected chi connectivity index (χ0v) is 20.0. The summed E-state index contributed by atoms with van der Waals surface area (Å²) < 4.78 is 0. The fraction of sp³-hybridized carbons (Fsp3) is 0.114. The first-order chi connectivity index (χ1) is 17.9. The van der Waals surface area contributed by atoms with Crippen LogP contribution in [0, 0.1) is 5.92 Å². The van der Waals surface area contributed by atoms with Gasteiger partial charge >= 0.3 is 0 Å². The second-order valence-corrected chi connectivity index (χ2v) is 10.2. The molecule has 1 nitrogen and oxygen atoms in total. The molecule has 170 valence electrons. The number of fused-ring (bicyclic) bond motifs is 6. The van der Waals surface area contributed by atoms with Gasteiger partial charge < -0.3 is 0 Å². The standard InChI is InChI=1S/C35H25N/c1-2-8-25-21-26(19-16-22(25)7-1)23-14-17-24(18-15-23)32-27-9-3-4-10-28(27)34-33-29(11-5-12-31(32)33)30-13-6-20-36-35(30)34/h1-4,6-10,12-20,25H,5,11,21H2. The van der Waals surface area contributed by atoms with Crippen LogP contribution in [0.25, 0.3) is 50.4 Å². The minimum atomic E-state index is 0.499. The number of allylic oxidation sites excluding steroid dienone is 8. The lowest BCUT2D eigenvalue weighted by atomic mass is 9.82. The van der Waals surface area contributed by atoms with Crippen molar-refractivity contribution in [3.05, 3.63) is 130 Å². The van der Waals surface area contributed by atoms with E-state index in [1.54, 1.807) is 0 Å². The maximum absolute atomic E-state index is 4.86. The van der Waals surface area contributed by atoms with Crippen LogP contribution in [0.3, 0.4) is 0 Å². The summed E-state index contributed by atoms with van der Waals surface area (Å²) in [5, 5.41) is 5.43. The van der Waals surface area contributed by atoms with Gasteiger partial charge in [-0.05, 0) is 79.9 Å². The molecular formula is C35H25N. The minimum absolute atomic E-state index is 0.499. The lowest BCUT2D eigenvalue weighted by Gasteiger charge is -2.23. The normalized spacial score (nSPS) is 18.8. The molecule has 8 rings (SSSR count). The third kappa shape index (κ3) is 2.80. The molecule has 36 heavy (non-hydrogen) atoms. The molecule has 1 unspecified atom stereocenters. The molecule has 3 aromatic carbocycles. The quantitative estimate of drug-likeness (QED) is 0.311. The first-order valence-corrected chi connectivity index (χ1v) is 13.0. The van der Waals surface area contributed by atoms with Crippen molar-refractivity contribution in [3.63, 3.8) is 0 Å². The van der Waals surface area contributed by atoms with E-state index < -0.39 is 0 Å². The van der Waals surface area contributed by atoms with Crippen LogP contribution in [-0.4, -0.2) is 4.98 Å². The van der Waals surface area contributed by atoms with Gasteiger partial charge in [0.05, 0.1) is 5.69 Å². The lowest BCUT2D eigenvalue weighted by Crippen LogP contribution is -2.32. The zero-order chi connectivity index (χ0) is 23.6. The van der Waals surface area contributed by atoms with Crippen LogP contribution in [0.1, 0.15) is 30.4 Å². The van der Waals surface area contributed by atoms with Crippen molar-refractivity contribution in [2.75, 3.05) is 0 Å². The Morgan fingerprint density at radius 2 is 1.61 bits per heavy atom. The van der Waals surface area contributed by atoms with Gasteiger partial charge in [-0.1, -0.05) is 97.1 Å². The molecule has 0 aliphatic heterocycles. The van der Waals surface area contributed by atoms with Crippen molar-refractivity contribution in [2.45, 2.75) is 19.3 Å². The molecule has 4 aliphatic rings. The molecule has 0 spiro atoms. The van der Waals surface area contributed by atoms with Gasteiger partial charge in [-0.3, -0.25) is 4.98 Å². The van der Waals surface area contributed by atoms with E-state index in [2.05, 4.69) is 103 Å². The van der Waals surface area contributed by atoms with Crippen molar-refractivity contribution in [2.24, 2.45) is 5.92 Å². The van der Waals surface area contributed by atoms with E-state index in [0.717, 1.165) is 25.0 Å². The monoisotopic (exact) mass is 459 g/mol. The maximum Gasteiger partial charge on any atom is 0.0789 e. The molecule has 1 aromatic heterocycles. The summed E-state index contributed by atoms with van der Waals surface area (Å²) in [5.41, 5.74) is 12.1. The zero-order valence-electron chi connectivity index (χ0n) is 20.0. The van der Waals surface area contributed by atoms with Gasteiger partial charge in [0.15, 0.2) is 0 Å². The van der Waals surface area contributed by atoms with Crippen LogP contribution in [0.15, 0.2) is 109 Å². The summed E-state index contributed by atoms with van der Waals surface area (Å²) in [6.07, 6.45) is 21.1. The SMILES string of the molecule is C1=CC2=CC=C(c3ccc(-c4c5c6c(c7ccccc47)-c4ncccc4C=6CCC=5)cc3)CC2C=C1. The Morgan fingerprint density at radius 3 is 2.50 bits per heavy atom. The highest BCUT2D eigenvalue weighted by molar-refractivity contribution is 6.09. The molecule has 4 aromatic rings. The number of aromatic nitrogens is 1. The highest BCUT2D eigenvalue weighted by atomic mass is 14.7. The predicted molar refractivity (Wildman–Crippen MR) is 151 cm³/mol. The number of pyridine rings is 1. The lowest BCUT2D eigenvalue weighted by molar-refractivity contribution is 0.793. The summed E-state index contributed by atoms with van der Waals surface area (Å²) in [6, 6.07) is 22.5. The van der Waals surface area contributed by atoms with Crippen LogP contribution >= 0.6 is 0 Å². The van der Waals surface area contributed by atoms with Crippen LogP contribution < -0.4 is 10.4 Å².